The number of aromatic nitrogens is 3. The molecule has 3 heterocycles. The topological polar surface area (TPSA) is 108 Å². The quantitative estimate of drug-likeness (QED) is 0.669. The van der Waals surface area contributed by atoms with Crippen molar-refractivity contribution >= 4 is 16.9 Å². The van der Waals surface area contributed by atoms with Crippen molar-refractivity contribution in [3.63, 3.8) is 0 Å². The fourth-order valence-corrected chi connectivity index (χ4v) is 3.11. The Morgan fingerprint density at radius 2 is 2.08 bits per heavy atom. The molecule has 0 atom stereocenters. The summed E-state index contributed by atoms with van der Waals surface area (Å²) in [4.78, 5) is 16.2. The van der Waals surface area contributed by atoms with Gasteiger partial charge in [-0.3, -0.25) is 9.69 Å². The number of carbonyl (C=O) groups is 1. The number of hydrogen-bond acceptors (Lipinski definition) is 5. The maximum absolute atomic E-state index is 10.9. The molecule has 7 heteroatoms. The number of para-hydroxylation sites is 1. The molecule has 1 saturated heterocycles. The molecule has 2 aromatic heterocycles. The van der Waals surface area contributed by atoms with Crippen molar-refractivity contribution in [1.82, 2.24) is 20.1 Å². The van der Waals surface area contributed by atoms with Gasteiger partial charge in [0.1, 0.15) is 5.75 Å². The molecular formula is C17H17N5O2. The van der Waals surface area contributed by atoms with Crippen molar-refractivity contribution < 1.29 is 9.90 Å². The van der Waals surface area contributed by atoms with Crippen LogP contribution in [0.5, 0.6) is 5.75 Å². The Labute approximate surface area is 138 Å². The van der Waals surface area contributed by atoms with Gasteiger partial charge in [0.2, 0.25) is 5.91 Å². The first-order valence-corrected chi connectivity index (χ1v) is 7.75. The number of amides is 1. The van der Waals surface area contributed by atoms with Crippen LogP contribution in [0.1, 0.15) is 11.6 Å². The first-order chi connectivity index (χ1) is 11.6. The maximum Gasteiger partial charge on any atom is 0.231 e. The zero-order valence-corrected chi connectivity index (χ0v) is 12.9. The van der Waals surface area contributed by atoms with Gasteiger partial charge in [-0.2, -0.15) is 0 Å². The Balaban J connectivity index is 1.59. The highest BCUT2D eigenvalue weighted by atomic mass is 16.3. The van der Waals surface area contributed by atoms with Crippen LogP contribution in [-0.4, -0.2) is 50.7 Å². The summed E-state index contributed by atoms with van der Waals surface area (Å²) >= 11 is 0. The Hall–Kier alpha value is -2.93. The molecule has 0 radical (unpaired) electrons. The molecule has 1 fully saturated rings. The summed E-state index contributed by atoms with van der Waals surface area (Å²) in [7, 11) is 0. The van der Waals surface area contributed by atoms with E-state index in [1.165, 1.54) is 0 Å². The number of H-pyrrole nitrogens is 1. The van der Waals surface area contributed by atoms with Crippen molar-refractivity contribution in [2.75, 3.05) is 19.6 Å². The van der Waals surface area contributed by atoms with Crippen molar-refractivity contribution in [2.45, 2.75) is 5.92 Å². The maximum atomic E-state index is 10.9. The zero-order valence-electron chi connectivity index (χ0n) is 12.9. The highest BCUT2D eigenvalue weighted by Crippen LogP contribution is 2.31. The molecular weight excluding hydrogens is 306 g/mol. The van der Waals surface area contributed by atoms with E-state index in [2.05, 4.69) is 21.2 Å². The molecule has 3 aromatic rings. The van der Waals surface area contributed by atoms with Crippen LogP contribution in [0.3, 0.4) is 0 Å². The lowest BCUT2D eigenvalue weighted by molar-refractivity contribution is -0.120. The number of likely N-dealkylation sites (tertiary alicyclic amines) is 1. The van der Waals surface area contributed by atoms with Crippen LogP contribution in [0, 0.1) is 0 Å². The molecule has 7 nitrogen and oxygen atoms in total. The van der Waals surface area contributed by atoms with Gasteiger partial charge in [0.05, 0.1) is 12.2 Å². The first-order valence-electron chi connectivity index (χ1n) is 7.75. The first kappa shape index (κ1) is 14.6. The van der Waals surface area contributed by atoms with Crippen molar-refractivity contribution in [3.8, 4) is 17.0 Å². The van der Waals surface area contributed by atoms with E-state index in [1.807, 2.05) is 23.1 Å². The summed E-state index contributed by atoms with van der Waals surface area (Å²) in [5.74, 6) is 0.221. The third-order valence-corrected chi connectivity index (χ3v) is 4.35. The number of hydrogen-bond donors (Lipinski definition) is 3. The molecule has 24 heavy (non-hydrogen) atoms. The van der Waals surface area contributed by atoms with Crippen LogP contribution in [0.2, 0.25) is 0 Å². The zero-order chi connectivity index (χ0) is 16.7. The Morgan fingerprint density at radius 1 is 1.29 bits per heavy atom. The molecule has 4 N–H and O–H groups in total. The Bertz CT molecular complexity index is 914. The summed E-state index contributed by atoms with van der Waals surface area (Å²) in [5.41, 5.74) is 8.30. The second-order valence-corrected chi connectivity index (χ2v) is 6.13. The van der Waals surface area contributed by atoms with Gasteiger partial charge in [-0.1, -0.05) is 12.1 Å². The van der Waals surface area contributed by atoms with Gasteiger partial charge in [0.25, 0.3) is 0 Å². The lowest BCUT2D eigenvalue weighted by Gasteiger charge is -2.37. The van der Waals surface area contributed by atoms with Crippen LogP contribution in [0.15, 0.2) is 36.4 Å². The van der Waals surface area contributed by atoms with E-state index in [1.54, 1.807) is 12.1 Å². The van der Waals surface area contributed by atoms with Crippen LogP contribution in [0.25, 0.3) is 22.3 Å². The fraction of sp³-hybridized carbons (Fsp3) is 0.235. The number of nitrogens with two attached hydrogens (primary N) is 1. The average Bonchev–Trinajstić information content (AvgIpc) is 2.93. The van der Waals surface area contributed by atoms with Gasteiger partial charge in [-0.05, 0) is 24.3 Å². The van der Waals surface area contributed by atoms with E-state index in [0.717, 1.165) is 29.8 Å². The van der Waals surface area contributed by atoms with Crippen molar-refractivity contribution in [2.24, 2.45) is 5.73 Å². The summed E-state index contributed by atoms with van der Waals surface area (Å²) < 4.78 is 0. The monoisotopic (exact) mass is 323 g/mol. The molecule has 1 amide bonds. The molecule has 0 saturated carbocycles. The number of aromatic hydroxyl groups is 1. The SMILES string of the molecule is NC(=O)CN1CC(c2cc3cc(-c4ccccc4O)nnc3[nH]2)C1. The minimum atomic E-state index is -0.303. The van der Waals surface area contributed by atoms with Crippen molar-refractivity contribution in [3.05, 3.63) is 42.1 Å². The molecule has 1 aromatic carbocycles. The van der Waals surface area contributed by atoms with E-state index >= 15 is 0 Å². The molecule has 4 rings (SSSR count). The van der Waals surface area contributed by atoms with E-state index in [9.17, 15) is 9.90 Å². The second kappa shape index (κ2) is 5.61. The van der Waals surface area contributed by atoms with Crippen LogP contribution >= 0.6 is 0 Å². The lowest BCUT2D eigenvalue weighted by Crippen LogP contribution is -2.48. The van der Waals surface area contributed by atoms with Crippen LogP contribution in [-0.2, 0) is 4.79 Å². The third-order valence-electron chi connectivity index (χ3n) is 4.35. The van der Waals surface area contributed by atoms with Gasteiger partial charge in [-0.15, -0.1) is 10.2 Å². The average molecular weight is 323 g/mol. The number of fused-ring (bicyclic) bond motifs is 1. The molecule has 122 valence electrons. The molecule has 0 aliphatic carbocycles. The molecule has 1 aliphatic rings. The van der Waals surface area contributed by atoms with Crippen LogP contribution in [0.4, 0.5) is 0 Å². The minimum absolute atomic E-state index is 0.183. The number of benzene rings is 1. The number of rotatable bonds is 4. The number of carbonyl (C=O) groups excluding carboxylic acids is 1. The summed E-state index contributed by atoms with van der Waals surface area (Å²) in [6, 6.07) is 11.0. The van der Waals surface area contributed by atoms with Gasteiger partial charge < -0.3 is 15.8 Å². The Morgan fingerprint density at radius 3 is 2.83 bits per heavy atom. The third kappa shape index (κ3) is 2.59. The second-order valence-electron chi connectivity index (χ2n) is 6.13. The fourth-order valence-electron chi connectivity index (χ4n) is 3.11. The number of nitrogens with zero attached hydrogens (tertiary/aromatic N) is 3. The van der Waals surface area contributed by atoms with E-state index in [4.69, 9.17) is 5.73 Å². The summed E-state index contributed by atoms with van der Waals surface area (Å²) in [6.45, 7) is 1.90. The standard InChI is InChI=1S/C17H17N5O2/c18-16(24)9-22-7-11(8-22)13-5-10-6-14(20-21-17(10)19-13)12-3-1-2-4-15(12)23/h1-6,11,23H,7-9H2,(H2,18,24)(H,19,21). The van der Waals surface area contributed by atoms with Gasteiger partial charge >= 0.3 is 0 Å². The number of nitrogens with one attached hydrogen (secondary N) is 1. The molecule has 1 aliphatic heterocycles. The van der Waals surface area contributed by atoms with E-state index in [0.29, 0.717) is 23.7 Å². The Kier molecular flexibility index (Phi) is 3.42. The highest BCUT2D eigenvalue weighted by Gasteiger charge is 2.30. The summed E-state index contributed by atoms with van der Waals surface area (Å²) in [6.07, 6.45) is 0. The molecule has 0 bridgehead atoms. The van der Waals surface area contributed by atoms with Gasteiger partial charge in [0.15, 0.2) is 5.65 Å². The van der Waals surface area contributed by atoms with Crippen LogP contribution < -0.4 is 5.73 Å². The number of phenols is 1. The number of aromatic amines is 1. The van der Waals surface area contributed by atoms with Crippen molar-refractivity contribution in [1.29, 1.82) is 0 Å². The normalized spacial score (nSPS) is 15.5. The number of phenolic OH excluding ortho intramolecular Hbond substituents is 1. The van der Waals surface area contributed by atoms with Gasteiger partial charge in [0, 0.05) is 35.7 Å². The largest absolute Gasteiger partial charge is 0.507 e. The number of primary amides is 1. The van der Waals surface area contributed by atoms with E-state index in [-0.39, 0.29) is 11.7 Å². The summed E-state index contributed by atoms with van der Waals surface area (Å²) in [5, 5.41) is 19.3. The van der Waals surface area contributed by atoms with Gasteiger partial charge in [-0.25, -0.2) is 0 Å². The highest BCUT2D eigenvalue weighted by molar-refractivity contribution is 5.82. The minimum Gasteiger partial charge on any atom is -0.507 e. The smallest absolute Gasteiger partial charge is 0.231 e. The molecule has 0 unspecified atom stereocenters. The predicted molar refractivity (Wildman–Crippen MR) is 89.4 cm³/mol. The predicted octanol–water partition coefficient (Wildman–Crippen LogP) is 1.21. The van der Waals surface area contributed by atoms with E-state index < -0.39 is 0 Å². The molecule has 0 spiro atoms. The lowest BCUT2D eigenvalue weighted by atomic mass is 9.96.